The van der Waals surface area contributed by atoms with Crippen LogP contribution in [0, 0.1) is 0 Å². The lowest BCUT2D eigenvalue weighted by atomic mass is 9.88. The molecule has 0 saturated heterocycles. The molecule has 0 saturated carbocycles. The van der Waals surface area contributed by atoms with Crippen molar-refractivity contribution in [1.29, 1.82) is 0 Å². The summed E-state index contributed by atoms with van der Waals surface area (Å²) in [6.07, 6.45) is 3.88. The molecule has 2 aliphatic rings. The van der Waals surface area contributed by atoms with Gasteiger partial charge in [-0.25, -0.2) is 0 Å². The van der Waals surface area contributed by atoms with Crippen LogP contribution in [0.15, 0.2) is 54.7 Å². The predicted molar refractivity (Wildman–Crippen MR) is 167 cm³/mol. The lowest BCUT2D eigenvalue weighted by molar-refractivity contribution is -0.686. The minimum absolute atomic E-state index is 0. The second kappa shape index (κ2) is 10.8. The van der Waals surface area contributed by atoms with E-state index >= 15 is 0 Å². The van der Waals surface area contributed by atoms with Crippen LogP contribution in [0.25, 0.3) is 22.0 Å². The van der Waals surface area contributed by atoms with Crippen molar-refractivity contribution in [1.82, 2.24) is 0 Å². The highest BCUT2D eigenvalue weighted by atomic mass is 35.5. The predicted octanol–water partition coefficient (Wildman–Crippen LogP) is 7.49. The molecule has 41 heavy (non-hydrogen) atoms. The van der Waals surface area contributed by atoms with Crippen molar-refractivity contribution in [3.63, 3.8) is 0 Å². The van der Waals surface area contributed by atoms with E-state index in [1.165, 1.54) is 27.9 Å². The van der Waals surface area contributed by atoms with Crippen molar-refractivity contribution < 1.29 is 27.9 Å². The van der Waals surface area contributed by atoms with Crippen molar-refractivity contribution in [3.8, 4) is 40.0 Å². The molecule has 8 heteroatoms. The number of aryl methyl sites for hydroxylation is 2. The van der Waals surface area contributed by atoms with Gasteiger partial charge in [0.1, 0.15) is 5.75 Å². The zero-order valence-corrected chi connectivity index (χ0v) is 26.7. The smallest absolute Gasteiger partial charge is 0.250 e. The average Bonchev–Trinajstić information content (AvgIpc) is 3.38. The number of aromatic nitrogens is 1. The van der Waals surface area contributed by atoms with E-state index in [9.17, 15) is 0 Å². The molecule has 0 N–H and O–H groups in total. The fraction of sp³-hybridized carbons (Fsp3) is 0.364. The number of fused-ring (bicyclic) bond motifs is 5. The van der Waals surface area contributed by atoms with Crippen molar-refractivity contribution in [3.05, 3.63) is 71.4 Å². The largest absolute Gasteiger partial charge is 0.544 e. The summed E-state index contributed by atoms with van der Waals surface area (Å²) in [6, 6.07) is 17.1. The number of nitrogens with zero attached hydrogens (tertiary/aromatic N) is 1. The van der Waals surface area contributed by atoms with Crippen molar-refractivity contribution in [2.45, 2.75) is 58.3 Å². The molecule has 3 heterocycles. The van der Waals surface area contributed by atoms with E-state index in [2.05, 4.69) is 87.1 Å². The Kier molecular flexibility index (Phi) is 7.64. The number of pyridine rings is 1. The summed E-state index contributed by atoms with van der Waals surface area (Å²) < 4.78 is 31.9. The van der Waals surface area contributed by atoms with Crippen LogP contribution in [0.1, 0.15) is 37.5 Å². The summed E-state index contributed by atoms with van der Waals surface area (Å²) in [5.74, 6) is 4.06. The van der Waals surface area contributed by atoms with E-state index in [-0.39, 0.29) is 24.2 Å². The summed E-state index contributed by atoms with van der Waals surface area (Å²) in [5, 5.41) is 2.34. The second-order valence-corrected chi connectivity index (χ2v) is 16.9. The number of halogens is 1. The molecule has 0 radical (unpaired) electrons. The summed E-state index contributed by atoms with van der Waals surface area (Å²) in [7, 11) is 1.48. The van der Waals surface area contributed by atoms with Gasteiger partial charge >= 0.3 is 0 Å². The molecule has 6 nitrogen and oxygen atoms in total. The van der Waals surface area contributed by atoms with Gasteiger partial charge in [0, 0.05) is 23.8 Å². The zero-order chi connectivity index (χ0) is 28.2. The third-order valence-corrected chi connectivity index (χ3v) is 13.1. The van der Waals surface area contributed by atoms with Crippen LogP contribution < -0.4 is 27.9 Å². The van der Waals surface area contributed by atoms with Gasteiger partial charge < -0.3 is 23.4 Å². The minimum Gasteiger partial charge on any atom is -0.544 e. The maximum absolute atomic E-state index is 6.56. The number of benzene rings is 3. The number of methoxy groups -OCH3 is 2. The molecule has 0 atom stereocenters. The number of hydrogen-bond acceptors (Lipinski definition) is 5. The molecule has 0 unspecified atom stereocenters. The summed E-state index contributed by atoms with van der Waals surface area (Å²) in [6.45, 7) is 12.5. The van der Waals surface area contributed by atoms with E-state index in [4.69, 9.17) is 23.4 Å². The van der Waals surface area contributed by atoms with Gasteiger partial charge in [-0.2, -0.15) is 4.57 Å². The van der Waals surface area contributed by atoms with Crippen molar-refractivity contribution in [2.75, 3.05) is 21.0 Å². The third kappa shape index (κ3) is 5.10. The maximum Gasteiger partial charge on any atom is 0.250 e. The van der Waals surface area contributed by atoms with Crippen LogP contribution in [0.3, 0.4) is 0 Å². The highest BCUT2D eigenvalue weighted by molar-refractivity contribution is 6.74. The van der Waals surface area contributed by atoms with E-state index in [0.29, 0.717) is 0 Å². The van der Waals surface area contributed by atoms with Gasteiger partial charge in [0.2, 0.25) is 20.8 Å². The van der Waals surface area contributed by atoms with E-state index in [0.717, 1.165) is 58.9 Å². The van der Waals surface area contributed by atoms with Crippen LogP contribution in [-0.2, 0) is 19.4 Å². The van der Waals surface area contributed by atoms with Crippen LogP contribution in [-0.4, -0.2) is 29.3 Å². The van der Waals surface area contributed by atoms with Gasteiger partial charge in [0.15, 0.2) is 35.7 Å². The van der Waals surface area contributed by atoms with Gasteiger partial charge in [-0.15, -0.1) is 12.4 Å². The molecule has 2 aliphatic heterocycles. The van der Waals surface area contributed by atoms with Crippen molar-refractivity contribution >= 4 is 31.5 Å². The zero-order valence-electron chi connectivity index (χ0n) is 24.9. The molecule has 6 rings (SSSR count). The minimum atomic E-state index is -1.91. The van der Waals surface area contributed by atoms with Crippen LogP contribution >= 0.6 is 12.4 Å². The molecule has 1 aromatic heterocycles. The summed E-state index contributed by atoms with van der Waals surface area (Å²) in [4.78, 5) is 0. The van der Waals surface area contributed by atoms with E-state index < -0.39 is 8.32 Å². The molecule has 3 aromatic carbocycles. The number of rotatable bonds is 6. The Morgan fingerprint density at radius 1 is 0.902 bits per heavy atom. The van der Waals surface area contributed by atoms with Crippen LogP contribution in [0.5, 0.6) is 28.7 Å². The Balaban J connectivity index is 0.00000337. The molecule has 0 amide bonds. The highest BCUT2D eigenvalue weighted by Crippen LogP contribution is 2.44. The first-order chi connectivity index (χ1) is 19.1. The first-order valence-electron chi connectivity index (χ1n) is 13.9. The lowest BCUT2D eigenvalue weighted by Gasteiger charge is -2.36. The fourth-order valence-electron chi connectivity index (χ4n) is 5.52. The van der Waals surface area contributed by atoms with Gasteiger partial charge in [-0.3, -0.25) is 0 Å². The normalized spacial score (nSPS) is 13.7. The Morgan fingerprint density at radius 2 is 1.61 bits per heavy atom. The molecular weight excluding hydrogens is 554 g/mol. The quantitative estimate of drug-likeness (QED) is 0.171. The summed E-state index contributed by atoms with van der Waals surface area (Å²) in [5.41, 5.74) is 6.15. The SMILES string of the molecule is COc1ccc2c(Cc3ccc(O[Si](C)(C)C(C)(C)C)cc3)c3[n+](cc2c1OC)CCc1cc2c(cc1-3)OCO2.Cl. The molecule has 0 bridgehead atoms. The van der Waals surface area contributed by atoms with Crippen LogP contribution in [0.2, 0.25) is 18.1 Å². The lowest BCUT2D eigenvalue weighted by Crippen LogP contribution is -2.43. The topological polar surface area (TPSA) is 50.0 Å². The monoisotopic (exact) mass is 592 g/mol. The second-order valence-electron chi connectivity index (χ2n) is 12.2. The first-order valence-corrected chi connectivity index (χ1v) is 16.8. The third-order valence-electron chi connectivity index (χ3n) is 8.73. The van der Waals surface area contributed by atoms with E-state index in [1.54, 1.807) is 14.2 Å². The first kappa shape index (κ1) is 29.1. The van der Waals surface area contributed by atoms with Gasteiger partial charge in [-0.1, -0.05) is 32.9 Å². The Morgan fingerprint density at radius 3 is 2.27 bits per heavy atom. The summed E-state index contributed by atoms with van der Waals surface area (Å²) >= 11 is 0. The van der Waals surface area contributed by atoms with Gasteiger partial charge in [-0.05, 0) is 65.7 Å². The molecule has 0 spiro atoms. The maximum atomic E-state index is 6.56. The van der Waals surface area contributed by atoms with Gasteiger partial charge in [0.05, 0.1) is 25.2 Å². The molecule has 0 fully saturated rings. The van der Waals surface area contributed by atoms with Crippen molar-refractivity contribution in [2.24, 2.45) is 0 Å². The fourth-order valence-corrected chi connectivity index (χ4v) is 6.55. The highest BCUT2D eigenvalue weighted by Gasteiger charge is 2.39. The average molecular weight is 593 g/mol. The Bertz CT molecular complexity index is 1610. The number of ether oxygens (including phenoxy) is 4. The number of hydrogen-bond donors (Lipinski definition) is 0. The molecular formula is C33H39ClNO5Si+. The van der Waals surface area contributed by atoms with E-state index in [1.807, 2.05) is 6.07 Å². The van der Waals surface area contributed by atoms with Gasteiger partial charge in [0.25, 0.3) is 0 Å². The molecule has 216 valence electrons. The standard InChI is InChI=1S/C33H38NO5Si.ClH/c1-33(2,3)40(6,7)39-23-10-8-21(9-11-23)16-26-24-12-13-28(35-4)32(36-5)27(24)19-34-15-14-22-17-29-30(38-20-37-29)18-25(22)31(26)34;/h8-13,17-19H,14-16,20H2,1-7H3;1H/q+1;. The molecule has 0 aliphatic carbocycles. The Hall–Kier alpha value is -3.42. The molecule has 4 aromatic rings. The Labute approximate surface area is 249 Å². The van der Waals surface area contributed by atoms with Crippen LogP contribution in [0.4, 0.5) is 0 Å².